The lowest BCUT2D eigenvalue weighted by molar-refractivity contribution is -0.207. The summed E-state index contributed by atoms with van der Waals surface area (Å²) in [6.07, 6.45) is -4.77. The van der Waals surface area contributed by atoms with Crippen molar-refractivity contribution in [2.24, 2.45) is 0 Å². The monoisotopic (exact) mass is 333 g/mol. The largest absolute Gasteiger partial charge is 0.489 e. The molecule has 0 radical (unpaired) electrons. The molecule has 0 spiro atoms. The van der Waals surface area contributed by atoms with Gasteiger partial charge >= 0.3 is 6.18 Å². The average Bonchev–Trinajstić information content (AvgIpc) is 2.84. The summed E-state index contributed by atoms with van der Waals surface area (Å²) in [5.41, 5.74) is 0.870. The SMILES string of the molecule is CN(C)Cc1cc(OC2CCN(CC(O)C(F)(F)F)C2)ccn1. The first kappa shape index (κ1) is 18.0. The van der Waals surface area contributed by atoms with Gasteiger partial charge in [-0.05, 0) is 26.6 Å². The van der Waals surface area contributed by atoms with Gasteiger partial charge in [0.05, 0.1) is 5.69 Å². The van der Waals surface area contributed by atoms with Crippen LogP contribution in [0.1, 0.15) is 12.1 Å². The van der Waals surface area contributed by atoms with Gasteiger partial charge in [-0.25, -0.2) is 0 Å². The van der Waals surface area contributed by atoms with Crippen LogP contribution in [0.2, 0.25) is 0 Å². The van der Waals surface area contributed by atoms with Crippen LogP contribution in [-0.2, 0) is 6.54 Å². The Bertz CT molecular complexity index is 511. The molecule has 1 N–H and O–H groups in total. The number of aliphatic hydroxyl groups is 1. The number of ether oxygens (including phenoxy) is 1. The standard InChI is InChI=1S/C15H22F3N3O2/c1-20(2)8-11-7-12(3-5-19-11)23-13-4-6-21(9-13)10-14(22)15(16,17)18/h3,5,7,13-14,22H,4,6,8-10H2,1-2H3. The molecule has 130 valence electrons. The van der Waals surface area contributed by atoms with E-state index in [4.69, 9.17) is 9.84 Å². The lowest BCUT2D eigenvalue weighted by Crippen LogP contribution is -2.40. The highest BCUT2D eigenvalue weighted by Crippen LogP contribution is 2.23. The van der Waals surface area contributed by atoms with Gasteiger partial charge in [-0.2, -0.15) is 13.2 Å². The Kier molecular flexibility index (Phi) is 5.83. The number of halogens is 3. The first-order valence-electron chi connectivity index (χ1n) is 7.47. The molecule has 1 aromatic rings. The van der Waals surface area contributed by atoms with Crippen molar-refractivity contribution < 1.29 is 23.0 Å². The summed E-state index contributed by atoms with van der Waals surface area (Å²) in [5.74, 6) is 0.667. The van der Waals surface area contributed by atoms with E-state index < -0.39 is 18.8 Å². The van der Waals surface area contributed by atoms with Crippen molar-refractivity contribution in [1.82, 2.24) is 14.8 Å². The van der Waals surface area contributed by atoms with Crippen molar-refractivity contribution in [2.45, 2.75) is 31.3 Å². The van der Waals surface area contributed by atoms with E-state index in [2.05, 4.69) is 4.98 Å². The fourth-order valence-electron chi connectivity index (χ4n) is 2.54. The van der Waals surface area contributed by atoms with E-state index in [0.29, 0.717) is 31.8 Å². The van der Waals surface area contributed by atoms with Crippen molar-refractivity contribution in [3.63, 3.8) is 0 Å². The molecule has 2 heterocycles. The zero-order valence-corrected chi connectivity index (χ0v) is 13.3. The minimum atomic E-state index is -4.58. The summed E-state index contributed by atoms with van der Waals surface area (Å²) < 4.78 is 43.0. The molecule has 0 aromatic carbocycles. The maximum atomic E-state index is 12.4. The highest BCUT2D eigenvalue weighted by molar-refractivity contribution is 5.23. The molecule has 2 rings (SSSR count). The van der Waals surface area contributed by atoms with Gasteiger partial charge in [0.1, 0.15) is 11.9 Å². The minimum Gasteiger partial charge on any atom is -0.489 e. The predicted octanol–water partition coefficient (Wildman–Crippen LogP) is 1.52. The number of nitrogens with zero attached hydrogens (tertiary/aromatic N) is 3. The van der Waals surface area contributed by atoms with Crippen LogP contribution in [0, 0.1) is 0 Å². The molecule has 2 unspecified atom stereocenters. The molecular formula is C15H22F3N3O2. The number of β-amino-alcohol motifs (C(OH)–C–C–N with tert-alkyl or cyclic N) is 1. The van der Waals surface area contributed by atoms with Gasteiger partial charge in [0.25, 0.3) is 0 Å². The molecule has 1 aliphatic heterocycles. The highest BCUT2D eigenvalue weighted by atomic mass is 19.4. The third-order valence-corrected chi connectivity index (χ3v) is 3.61. The first-order chi connectivity index (χ1) is 10.7. The molecule has 8 heteroatoms. The Morgan fingerprint density at radius 3 is 2.87 bits per heavy atom. The lowest BCUT2D eigenvalue weighted by Gasteiger charge is -2.22. The van der Waals surface area contributed by atoms with Crippen molar-refractivity contribution >= 4 is 0 Å². The van der Waals surface area contributed by atoms with Gasteiger partial charge in [0.2, 0.25) is 0 Å². The van der Waals surface area contributed by atoms with Crippen molar-refractivity contribution in [1.29, 1.82) is 0 Å². The number of hydrogen-bond donors (Lipinski definition) is 1. The molecule has 0 amide bonds. The molecule has 0 saturated carbocycles. The maximum absolute atomic E-state index is 12.4. The van der Waals surface area contributed by atoms with Crippen LogP contribution in [0.15, 0.2) is 18.3 Å². The topological polar surface area (TPSA) is 48.8 Å². The van der Waals surface area contributed by atoms with Gasteiger partial charge in [-0.3, -0.25) is 9.88 Å². The minimum absolute atomic E-state index is 0.176. The molecular weight excluding hydrogens is 311 g/mol. The number of hydrogen-bond acceptors (Lipinski definition) is 5. The fraction of sp³-hybridized carbons (Fsp3) is 0.667. The highest BCUT2D eigenvalue weighted by Gasteiger charge is 2.40. The number of aromatic nitrogens is 1. The van der Waals surface area contributed by atoms with E-state index in [1.165, 1.54) is 0 Å². The van der Waals surface area contributed by atoms with E-state index in [-0.39, 0.29) is 6.10 Å². The van der Waals surface area contributed by atoms with E-state index in [1.54, 1.807) is 17.2 Å². The maximum Gasteiger partial charge on any atom is 0.415 e. The number of likely N-dealkylation sites (tertiary alicyclic amines) is 1. The van der Waals surface area contributed by atoms with Crippen LogP contribution >= 0.6 is 0 Å². The van der Waals surface area contributed by atoms with Crippen molar-refractivity contribution in [2.75, 3.05) is 33.7 Å². The lowest BCUT2D eigenvalue weighted by atomic mass is 10.3. The fourth-order valence-corrected chi connectivity index (χ4v) is 2.54. The van der Waals surface area contributed by atoms with Gasteiger partial charge in [-0.15, -0.1) is 0 Å². The van der Waals surface area contributed by atoms with Gasteiger partial charge in [0, 0.05) is 38.4 Å². The van der Waals surface area contributed by atoms with E-state index in [0.717, 1.165) is 5.69 Å². The van der Waals surface area contributed by atoms with Crippen molar-refractivity contribution in [3.8, 4) is 5.75 Å². The number of pyridine rings is 1. The molecule has 1 fully saturated rings. The quantitative estimate of drug-likeness (QED) is 0.855. The predicted molar refractivity (Wildman–Crippen MR) is 79.2 cm³/mol. The summed E-state index contributed by atoms with van der Waals surface area (Å²) in [7, 11) is 3.88. The molecule has 23 heavy (non-hydrogen) atoms. The Morgan fingerprint density at radius 2 is 2.22 bits per heavy atom. The third kappa shape index (κ3) is 5.63. The Hall–Kier alpha value is -1.38. The van der Waals surface area contributed by atoms with E-state index in [1.807, 2.05) is 25.1 Å². The van der Waals surface area contributed by atoms with Gasteiger partial charge < -0.3 is 14.7 Å². The second-order valence-electron chi connectivity index (χ2n) is 6.07. The first-order valence-corrected chi connectivity index (χ1v) is 7.47. The second kappa shape index (κ2) is 7.46. The Labute approximate surface area is 133 Å². The van der Waals surface area contributed by atoms with E-state index >= 15 is 0 Å². The van der Waals surface area contributed by atoms with Gasteiger partial charge in [-0.1, -0.05) is 0 Å². The molecule has 1 aromatic heterocycles. The molecule has 5 nitrogen and oxygen atoms in total. The van der Waals surface area contributed by atoms with Crippen LogP contribution in [0.3, 0.4) is 0 Å². The van der Waals surface area contributed by atoms with Crippen molar-refractivity contribution in [3.05, 3.63) is 24.0 Å². The third-order valence-electron chi connectivity index (χ3n) is 3.61. The molecule has 0 bridgehead atoms. The molecule has 2 atom stereocenters. The van der Waals surface area contributed by atoms with E-state index in [9.17, 15) is 13.2 Å². The summed E-state index contributed by atoms with van der Waals surface area (Å²) in [6, 6.07) is 3.58. The average molecular weight is 333 g/mol. The Morgan fingerprint density at radius 1 is 1.48 bits per heavy atom. The summed E-state index contributed by atoms with van der Waals surface area (Å²) in [4.78, 5) is 7.81. The smallest absolute Gasteiger partial charge is 0.415 e. The molecule has 1 aliphatic rings. The zero-order chi connectivity index (χ0) is 17.0. The zero-order valence-electron chi connectivity index (χ0n) is 13.3. The Balaban J connectivity index is 1.86. The molecule has 0 aliphatic carbocycles. The van der Waals surface area contributed by atoms with Crippen LogP contribution in [-0.4, -0.2) is 72.0 Å². The summed E-state index contributed by atoms with van der Waals surface area (Å²) in [5, 5.41) is 9.12. The molecule has 1 saturated heterocycles. The summed E-state index contributed by atoms with van der Waals surface area (Å²) >= 11 is 0. The van der Waals surface area contributed by atoms with Crippen LogP contribution in [0.4, 0.5) is 13.2 Å². The number of rotatable bonds is 6. The van der Waals surface area contributed by atoms with Crippen LogP contribution < -0.4 is 4.74 Å². The van der Waals surface area contributed by atoms with Crippen LogP contribution in [0.5, 0.6) is 5.75 Å². The number of aliphatic hydroxyl groups excluding tert-OH is 1. The summed E-state index contributed by atoms with van der Waals surface area (Å²) in [6.45, 7) is 1.13. The van der Waals surface area contributed by atoms with Crippen LogP contribution in [0.25, 0.3) is 0 Å². The second-order valence-corrected chi connectivity index (χ2v) is 6.07. The van der Waals surface area contributed by atoms with Gasteiger partial charge in [0.15, 0.2) is 6.10 Å². The normalized spacial score (nSPS) is 20.9. The number of alkyl halides is 3.